The summed E-state index contributed by atoms with van der Waals surface area (Å²) in [6.45, 7) is 2.24. The molecule has 1 rings (SSSR count). The number of hydrogen-bond acceptors (Lipinski definition) is 4. The van der Waals surface area contributed by atoms with Crippen LogP contribution in [0.15, 0.2) is 0 Å². The van der Waals surface area contributed by atoms with Gasteiger partial charge in [0.05, 0.1) is 5.69 Å². The van der Waals surface area contributed by atoms with Crippen LogP contribution in [-0.4, -0.2) is 25.5 Å². The third kappa shape index (κ3) is 6.98. The van der Waals surface area contributed by atoms with E-state index in [4.69, 9.17) is 5.11 Å². The number of carbonyl (C=O) groups is 1. The molecule has 0 unspecified atom stereocenters. The molecule has 0 aliphatic carbocycles. The largest absolute Gasteiger partial charge is 0.476 e. The molecule has 0 radical (unpaired) electrons. The van der Waals surface area contributed by atoms with E-state index in [1.54, 1.807) is 0 Å². The SMILES string of the molecule is CCCCCCCCCCCCc1c(C(=O)O)nnn1S. The Kier molecular flexibility index (Phi) is 9.14. The van der Waals surface area contributed by atoms with E-state index in [9.17, 15) is 4.79 Å². The third-order valence-electron chi connectivity index (χ3n) is 3.71. The number of carboxylic acid groups (broad SMARTS) is 1. The van der Waals surface area contributed by atoms with Crippen molar-refractivity contribution in [2.24, 2.45) is 0 Å². The molecule has 0 amide bonds. The van der Waals surface area contributed by atoms with Crippen molar-refractivity contribution in [1.82, 2.24) is 14.4 Å². The second kappa shape index (κ2) is 10.7. The maximum absolute atomic E-state index is 11.0. The first-order valence-corrected chi connectivity index (χ1v) is 8.44. The van der Waals surface area contributed by atoms with Crippen molar-refractivity contribution >= 4 is 18.8 Å². The Hall–Kier alpha value is -1.04. The van der Waals surface area contributed by atoms with Gasteiger partial charge in [-0.15, -0.1) is 5.10 Å². The van der Waals surface area contributed by atoms with Gasteiger partial charge in [0.1, 0.15) is 0 Å². The lowest BCUT2D eigenvalue weighted by Crippen LogP contribution is -2.03. The molecule has 0 aliphatic heterocycles. The summed E-state index contributed by atoms with van der Waals surface area (Å²) in [5, 5.41) is 16.3. The normalized spacial score (nSPS) is 11.0. The average molecular weight is 313 g/mol. The molecule has 1 N–H and O–H groups in total. The van der Waals surface area contributed by atoms with Crippen molar-refractivity contribution in [1.29, 1.82) is 0 Å². The first-order chi connectivity index (χ1) is 10.2. The van der Waals surface area contributed by atoms with Gasteiger partial charge in [-0.3, -0.25) is 0 Å². The Bertz CT molecular complexity index is 421. The van der Waals surface area contributed by atoms with Crippen LogP contribution in [0.4, 0.5) is 0 Å². The second-order valence-corrected chi connectivity index (χ2v) is 5.89. The fourth-order valence-electron chi connectivity index (χ4n) is 2.46. The molecule has 21 heavy (non-hydrogen) atoms. The summed E-state index contributed by atoms with van der Waals surface area (Å²) in [5.41, 5.74) is 0.631. The highest BCUT2D eigenvalue weighted by Crippen LogP contribution is 2.14. The molecule has 1 heterocycles. The van der Waals surface area contributed by atoms with Gasteiger partial charge in [0.2, 0.25) is 0 Å². The minimum Gasteiger partial charge on any atom is -0.476 e. The van der Waals surface area contributed by atoms with Gasteiger partial charge in [0.25, 0.3) is 0 Å². The molecule has 0 atom stereocenters. The molecule has 5 nitrogen and oxygen atoms in total. The number of carboxylic acids is 1. The molecule has 0 spiro atoms. The van der Waals surface area contributed by atoms with Gasteiger partial charge in [-0.2, -0.15) is 4.09 Å². The predicted molar refractivity (Wildman–Crippen MR) is 86.9 cm³/mol. The van der Waals surface area contributed by atoms with E-state index in [2.05, 4.69) is 30.1 Å². The maximum atomic E-state index is 11.0. The van der Waals surface area contributed by atoms with Crippen LogP contribution in [0.3, 0.4) is 0 Å². The van der Waals surface area contributed by atoms with Crippen LogP contribution in [0.5, 0.6) is 0 Å². The van der Waals surface area contributed by atoms with Gasteiger partial charge in [0, 0.05) is 0 Å². The van der Waals surface area contributed by atoms with Crippen molar-refractivity contribution in [3.8, 4) is 0 Å². The Labute approximate surface area is 132 Å². The summed E-state index contributed by atoms with van der Waals surface area (Å²) in [4.78, 5) is 11.0. The number of unbranched alkanes of at least 4 members (excludes halogenated alkanes) is 9. The molecule has 0 aromatic carbocycles. The van der Waals surface area contributed by atoms with Gasteiger partial charge in [0.15, 0.2) is 5.69 Å². The number of nitrogens with zero attached hydrogens (tertiary/aromatic N) is 3. The zero-order valence-electron chi connectivity index (χ0n) is 12.9. The lowest BCUT2D eigenvalue weighted by molar-refractivity contribution is 0.0689. The van der Waals surface area contributed by atoms with Gasteiger partial charge in [-0.1, -0.05) is 69.9 Å². The molecular formula is C15H27N3O2S. The number of hydrogen-bond donors (Lipinski definition) is 2. The summed E-state index contributed by atoms with van der Waals surface area (Å²) in [7, 11) is 0. The zero-order valence-corrected chi connectivity index (χ0v) is 13.8. The van der Waals surface area contributed by atoms with E-state index < -0.39 is 5.97 Å². The van der Waals surface area contributed by atoms with Crippen molar-refractivity contribution in [2.45, 2.75) is 77.6 Å². The van der Waals surface area contributed by atoms with Gasteiger partial charge in [-0.05, 0) is 25.7 Å². The third-order valence-corrected chi connectivity index (χ3v) is 4.04. The number of aromatic carboxylic acids is 1. The fraction of sp³-hybridized carbons (Fsp3) is 0.800. The van der Waals surface area contributed by atoms with Crippen LogP contribution in [0.1, 0.15) is 87.3 Å². The minimum absolute atomic E-state index is 0.0286. The van der Waals surface area contributed by atoms with Gasteiger partial charge < -0.3 is 5.11 Å². The van der Waals surface area contributed by atoms with Crippen molar-refractivity contribution < 1.29 is 9.90 Å². The van der Waals surface area contributed by atoms with Crippen molar-refractivity contribution in [2.75, 3.05) is 0 Å². The van der Waals surface area contributed by atoms with E-state index >= 15 is 0 Å². The molecular weight excluding hydrogens is 286 g/mol. The Morgan fingerprint density at radius 3 is 2.10 bits per heavy atom. The molecule has 0 saturated heterocycles. The standard InChI is InChI=1S/C15H27N3O2S/c1-2-3-4-5-6-7-8-9-10-11-12-13-14(15(19)20)16-17-18(13)21/h21H,2-12H2,1H3,(H,19,20). The van der Waals surface area contributed by atoms with Crippen LogP contribution in [0.2, 0.25) is 0 Å². The predicted octanol–water partition coefficient (Wildman–Crippen LogP) is 4.13. The number of aromatic nitrogens is 3. The van der Waals surface area contributed by atoms with E-state index in [1.165, 1.54) is 55.5 Å². The number of thiol groups is 1. The summed E-state index contributed by atoms with van der Waals surface area (Å²) < 4.78 is 1.27. The molecule has 1 aromatic heterocycles. The lowest BCUT2D eigenvalue weighted by atomic mass is 10.0. The molecule has 0 fully saturated rings. The van der Waals surface area contributed by atoms with Crippen LogP contribution in [0.25, 0.3) is 0 Å². The molecule has 0 bridgehead atoms. The smallest absolute Gasteiger partial charge is 0.358 e. The zero-order chi connectivity index (χ0) is 15.5. The first kappa shape index (κ1) is 18.0. The van der Waals surface area contributed by atoms with Gasteiger partial charge >= 0.3 is 5.97 Å². The van der Waals surface area contributed by atoms with Crippen LogP contribution < -0.4 is 0 Å². The van der Waals surface area contributed by atoms with E-state index in [1.807, 2.05) is 0 Å². The highest BCUT2D eigenvalue weighted by molar-refractivity contribution is 7.78. The molecule has 0 aliphatic rings. The highest BCUT2D eigenvalue weighted by Gasteiger charge is 2.16. The van der Waals surface area contributed by atoms with Crippen molar-refractivity contribution in [3.05, 3.63) is 11.4 Å². The van der Waals surface area contributed by atoms with Crippen LogP contribution in [-0.2, 0) is 6.42 Å². The van der Waals surface area contributed by atoms with Crippen LogP contribution in [0, 0.1) is 0 Å². The Balaban J connectivity index is 2.07. The summed E-state index contributed by atoms with van der Waals surface area (Å²) in [6.07, 6.45) is 13.3. The summed E-state index contributed by atoms with van der Waals surface area (Å²) >= 11 is 4.09. The fourth-order valence-corrected chi connectivity index (χ4v) is 2.69. The van der Waals surface area contributed by atoms with Crippen LogP contribution >= 0.6 is 12.8 Å². The van der Waals surface area contributed by atoms with E-state index in [0.29, 0.717) is 12.1 Å². The van der Waals surface area contributed by atoms with Gasteiger partial charge in [-0.25, -0.2) is 4.79 Å². The first-order valence-electron chi connectivity index (χ1n) is 8.04. The molecule has 120 valence electrons. The Morgan fingerprint density at radius 1 is 1.05 bits per heavy atom. The summed E-state index contributed by atoms with van der Waals surface area (Å²) in [6, 6.07) is 0. The summed E-state index contributed by atoms with van der Waals surface area (Å²) in [5.74, 6) is -1.03. The molecule has 1 aromatic rings. The Morgan fingerprint density at radius 2 is 1.57 bits per heavy atom. The van der Waals surface area contributed by atoms with E-state index in [-0.39, 0.29) is 5.69 Å². The topological polar surface area (TPSA) is 68.0 Å². The highest BCUT2D eigenvalue weighted by atomic mass is 32.1. The minimum atomic E-state index is -1.03. The molecule has 0 saturated carbocycles. The monoisotopic (exact) mass is 313 g/mol. The average Bonchev–Trinajstić information content (AvgIpc) is 2.82. The quantitative estimate of drug-likeness (QED) is 0.449. The van der Waals surface area contributed by atoms with E-state index in [0.717, 1.165) is 12.8 Å². The maximum Gasteiger partial charge on any atom is 0.358 e. The molecule has 6 heteroatoms. The van der Waals surface area contributed by atoms with Crippen molar-refractivity contribution in [3.63, 3.8) is 0 Å². The second-order valence-electron chi connectivity index (χ2n) is 5.51. The lowest BCUT2D eigenvalue weighted by Gasteiger charge is -2.03. The number of rotatable bonds is 12.